The van der Waals surface area contributed by atoms with Crippen molar-refractivity contribution in [1.29, 1.82) is 0 Å². The van der Waals surface area contributed by atoms with Gasteiger partial charge in [0.1, 0.15) is 5.82 Å². The fourth-order valence-corrected chi connectivity index (χ4v) is 5.92. The Morgan fingerprint density at radius 1 is 0.844 bits per heavy atom. The monoisotopic (exact) mass is 459 g/mol. The van der Waals surface area contributed by atoms with Gasteiger partial charge in [-0.05, 0) is 36.1 Å². The number of amides is 2. The maximum atomic E-state index is 13.4. The Hall–Kier alpha value is -2.78. The number of carbonyl (C=O) groups excluding carboxylic acids is 2. The Bertz CT molecular complexity index is 1090. The predicted octanol–water partition coefficient (Wildman–Crippen LogP) is 1.99. The van der Waals surface area contributed by atoms with Crippen molar-refractivity contribution in [2.24, 2.45) is 0 Å². The predicted molar refractivity (Wildman–Crippen MR) is 117 cm³/mol. The van der Waals surface area contributed by atoms with Gasteiger partial charge in [-0.3, -0.25) is 9.59 Å². The molecule has 170 valence electrons. The van der Waals surface area contributed by atoms with E-state index in [0.29, 0.717) is 44.6 Å². The van der Waals surface area contributed by atoms with Crippen molar-refractivity contribution in [3.05, 3.63) is 71.5 Å². The number of piperidine rings is 1. The number of hydrogen-bond donors (Lipinski definition) is 0. The molecule has 2 aliphatic heterocycles. The van der Waals surface area contributed by atoms with Crippen LogP contribution in [0.3, 0.4) is 0 Å². The van der Waals surface area contributed by atoms with Crippen LogP contribution in [0.25, 0.3) is 0 Å². The van der Waals surface area contributed by atoms with Crippen LogP contribution in [0.2, 0.25) is 0 Å². The van der Waals surface area contributed by atoms with Crippen LogP contribution in [0, 0.1) is 5.82 Å². The van der Waals surface area contributed by atoms with E-state index in [2.05, 4.69) is 0 Å². The van der Waals surface area contributed by atoms with E-state index in [0.717, 1.165) is 5.56 Å². The standard InChI is InChI=1S/C23H26FN3O4S/c24-20-8-4-7-19(15-20)16-25-13-14-27(23(29)22(25)28)21-9-11-26(12-10-21)32(30,31)17-18-5-2-1-3-6-18/h1-8,15,21H,9-14,16-17H2. The zero-order chi connectivity index (χ0) is 22.7. The van der Waals surface area contributed by atoms with Crippen LogP contribution in [-0.4, -0.2) is 66.6 Å². The average molecular weight is 460 g/mol. The number of halogens is 1. The summed E-state index contributed by atoms with van der Waals surface area (Å²) in [6, 6.07) is 14.9. The quantitative estimate of drug-likeness (QED) is 0.619. The normalized spacial score (nSPS) is 18.9. The first-order valence-corrected chi connectivity index (χ1v) is 12.3. The second-order valence-corrected chi connectivity index (χ2v) is 10.2. The highest BCUT2D eigenvalue weighted by Crippen LogP contribution is 2.23. The van der Waals surface area contributed by atoms with Crippen LogP contribution >= 0.6 is 0 Å². The Morgan fingerprint density at radius 2 is 1.53 bits per heavy atom. The third kappa shape index (κ3) is 4.99. The van der Waals surface area contributed by atoms with E-state index in [9.17, 15) is 22.4 Å². The first-order chi connectivity index (χ1) is 15.3. The molecule has 0 unspecified atom stereocenters. The summed E-state index contributed by atoms with van der Waals surface area (Å²) in [5.74, 6) is -1.60. The number of rotatable bonds is 6. The summed E-state index contributed by atoms with van der Waals surface area (Å²) in [5, 5.41) is 0. The van der Waals surface area contributed by atoms with E-state index in [1.54, 1.807) is 29.2 Å². The fourth-order valence-electron chi connectivity index (χ4n) is 4.35. The highest BCUT2D eigenvalue weighted by Gasteiger charge is 2.38. The van der Waals surface area contributed by atoms with Gasteiger partial charge in [0.25, 0.3) is 0 Å². The highest BCUT2D eigenvalue weighted by atomic mass is 32.2. The molecule has 0 saturated carbocycles. The fraction of sp³-hybridized carbons (Fsp3) is 0.391. The summed E-state index contributed by atoms with van der Waals surface area (Å²) < 4.78 is 40.4. The van der Waals surface area contributed by atoms with E-state index in [1.807, 2.05) is 18.2 Å². The average Bonchev–Trinajstić information content (AvgIpc) is 2.78. The zero-order valence-corrected chi connectivity index (χ0v) is 18.5. The van der Waals surface area contributed by atoms with E-state index in [-0.39, 0.29) is 24.2 Å². The minimum Gasteiger partial charge on any atom is -0.330 e. The molecule has 7 nitrogen and oxygen atoms in total. The Kier molecular flexibility index (Phi) is 6.57. The van der Waals surface area contributed by atoms with Gasteiger partial charge in [-0.2, -0.15) is 0 Å². The number of piperazine rings is 1. The molecule has 9 heteroatoms. The van der Waals surface area contributed by atoms with Crippen LogP contribution < -0.4 is 0 Å². The maximum absolute atomic E-state index is 13.4. The molecule has 0 aromatic heterocycles. The Morgan fingerprint density at radius 3 is 2.22 bits per heavy atom. The van der Waals surface area contributed by atoms with Gasteiger partial charge < -0.3 is 9.80 Å². The second-order valence-electron chi connectivity index (χ2n) is 8.23. The SMILES string of the molecule is O=C1C(=O)N(C2CCN(S(=O)(=O)Cc3ccccc3)CC2)CCN1Cc1cccc(F)c1. The van der Waals surface area contributed by atoms with Gasteiger partial charge in [0.05, 0.1) is 5.75 Å². The maximum Gasteiger partial charge on any atom is 0.312 e. The molecule has 2 fully saturated rings. The van der Waals surface area contributed by atoms with E-state index < -0.39 is 21.8 Å². The van der Waals surface area contributed by atoms with Gasteiger partial charge >= 0.3 is 11.8 Å². The van der Waals surface area contributed by atoms with Gasteiger partial charge in [0, 0.05) is 38.8 Å². The van der Waals surface area contributed by atoms with Crippen molar-refractivity contribution < 1.29 is 22.4 Å². The van der Waals surface area contributed by atoms with E-state index in [1.165, 1.54) is 21.3 Å². The van der Waals surface area contributed by atoms with E-state index >= 15 is 0 Å². The van der Waals surface area contributed by atoms with Gasteiger partial charge in [-0.25, -0.2) is 17.1 Å². The van der Waals surface area contributed by atoms with Crippen LogP contribution in [0.4, 0.5) is 4.39 Å². The molecule has 2 saturated heterocycles. The number of nitrogens with zero attached hydrogens (tertiary/aromatic N) is 3. The number of benzene rings is 2. The van der Waals surface area contributed by atoms with E-state index in [4.69, 9.17) is 0 Å². The zero-order valence-electron chi connectivity index (χ0n) is 17.7. The molecule has 0 aliphatic carbocycles. The number of hydrogen-bond acceptors (Lipinski definition) is 4. The number of carbonyl (C=O) groups is 2. The third-order valence-corrected chi connectivity index (χ3v) is 7.90. The first-order valence-electron chi connectivity index (χ1n) is 10.7. The lowest BCUT2D eigenvalue weighted by Gasteiger charge is -2.41. The molecular formula is C23H26FN3O4S. The van der Waals surface area contributed by atoms with Crippen molar-refractivity contribution in [2.45, 2.75) is 31.2 Å². The molecule has 2 aliphatic rings. The molecule has 4 rings (SSSR count). The van der Waals surface area contributed by atoms with Crippen molar-refractivity contribution in [2.75, 3.05) is 26.2 Å². The van der Waals surface area contributed by atoms with Crippen LogP contribution in [-0.2, 0) is 31.9 Å². The lowest BCUT2D eigenvalue weighted by Crippen LogP contribution is -2.59. The molecule has 2 aromatic carbocycles. The van der Waals surface area contributed by atoms with Gasteiger partial charge in [-0.1, -0.05) is 42.5 Å². The van der Waals surface area contributed by atoms with Crippen molar-refractivity contribution in [3.63, 3.8) is 0 Å². The summed E-state index contributed by atoms with van der Waals surface area (Å²) in [4.78, 5) is 28.4. The summed E-state index contributed by atoms with van der Waals surface area (Å²) in [7, 11) is -3.44. The molecule has 0 N–H and O–H groups in total. The van der Waals surface area contributed by atoms with Gasteiger partial charge in [-0.15, -0.1) is 0 Å². The molecule has 0 radical (unpaired) electrons. The smallest absolute Gasteiger partial charge is 0.312 e. The topological polar surface area (TPSA) is 78.0 Å². The molecule has 0 spiro atoms. The molecule has 2 heterocycles. The molecule has 2 aromatic rings. The van der Waals surface area contributed by atoms with Crippen molar-refractivity contribution in [3.8, 4) is 0 Å². The third-order valence-electron chi connectivity index (χ3n) is 6.05. The Balaban J connectivity index is 1.33. The minimum absolute atomic E-state index is 0.0469. The molecule has 32 heavy (non-hydrogen) atoms. The lowest BCUT2D eigenvalue weighted by atomic mass is 10.0. The van der Waals surface area contributed by atoms with Crippen molar-refractivity contribution >= 4 is 21.8 Å². The largest absolute Gasteiger partial charge is 0.330 e. The number of sulfonamides is 1. The molecule has 0 atom stereocenters. The molecule has 2 amide bonds. The molecular weight excluding hydrogens is 433 g/mol. The van der Waals surface area contributed by atoms with Crippen LogP contribution in [0.1, 0.15) is 24.0 Å². The lowest BCUT2D eigenvalue weighted by molar-refractivity contribution is -0.158. The minimum atomic E-state index is -3.44. The summed E-state index contributed by atoms with van der Waals surface area (Å²) in [6.45, 7) is 1.59. The van der Waals surface area contributed by atoms with Crippen LogP contribution in [0.15, 0.2) is 54.6 Å². The first kappa shape index (κ1) is 22.4. The van der Waals surface area contributed by atoms with Crippen molar-refractivity contribution in [1.82, 2.24) is 14.1 Å². The summed E-state index contributed by atoms with van der Waals surface area (Å²) in [5.41, 5.74) is 1.38. The summed E-state index contributed by atoms with van der Waals surface area (Å²) in [6.07, 6.45) is 0.994. The molecule has 0 bridgehead atoms. The van der Waals surface area contributed by atoms with Gasteiger partial charge in [0.15, 0.2) is 0 Å². The second kappa shape index (κ2) is 9.38. The van der Waals surface area contributed by atoms with Gasteiger partial charge in [0.2, 0.25) is 10.0 Å². The van der Waals surface area contributed by atoms with Crippen LogP contribution in [0.5, 0.6) is 0 Å². The summed E-state index contributed by atoms with van der Waals surface area (Å²) >= 11 is 0. The highest BCUT2D eigenvalue weighted by molar-refractivity contribution is 7.88. The Labute approximate surface area is 187 Å².